The molecule has 0 N–H and O–H groups in total. The zero-order valence-corrected chi connectivity index (χ0v) is 10.8. The quantitative estimate of drug-likeness (QED) is 0.587. The van der Waals surface area contributed by atoms with Crippen LogP contribution < -0.4 is 0 Å². The van der Waals surface area contributed by atoms with E-state index < -0.39 is 0 Å². The van der Waals surface area contributed by atoms with Crippen molar-refractivity contribution in [3.63, 3.8) is 0 Å². The first-order valence-electron chi connectivity index (χ1n) is 4.97. The van der Waals surface area contributed by atoms with Gasteiger partial charge >= 0.3 is 0 Å². The molecule has 0 aromatic heterocycles. The SMILES string of the molecule is CC(C)CC(C)OC1COCC1I. The monoisotopic (exact) mass is 298 g/mol. The van der Waals surface area contributed by atoms with Gasteiger partial charge in [0.25, 0.3) is 0 Å². The van der Waals surface area contributed by atoms with Crippen molar-refractivity contribution in [1.82, 2.24) is 0 Å². The van der Waals surface area contributed by atoms with Crippen LogP contribution in [0.3, 0.4) is 0 Å². The van der Waals surface area contributed by atoms with Gasteiger partial charge in [0.1, 0.15) is 0 Å². The molecule has 0 saturated carbocycles. The Labute approximate surface area is 94.5 Å². The van der Waals surface area contributed by atoms with Crippen LogP contribution in [-0.4, -0.2) is 29.3 Å². The van der Waals surface area contributed by atoms with Gasteiger partial charge < -0.3 is 9.47 Å². The van der Waals surface area contributed by atoms with Crippen molar-refractivity contribution < 1.29 is 9.47 Å². The molecule has 0 aromatic carbocycles. The zero-order chi connectivity index (χ0) is 9.84. The first-order chi connectivity index (χ1) is 6.09. The molecule has 1 saturated heterocycles. The van der Waals surface area contributed by atoms with Crippen LogP contribution in [0.25, 0.3) is 0 Å². The number of hydrogen-bond donors (Lipinski definition) is 0. The Hall–Kier alpha value is 0.650. The van der Waals surface area contributed by atoms with Crippen molar-refractivity contribution in [2.24, 2.45) is 5.92 Å². The molecular formula is C10H19IO2. The number of alkyl halides is 1. The van der Waals surface area contributed by atoms with Gasteiger partial charge in [-0.05, 0) is 19.3 Å². The average molecular weight is 298 g/mol. The Kier molecular flexibility index (Phi) is 4.97. The van der Waals surface area contributed by atoms with Gasteiger partial charge in [-0.15, -0.1) is 0 Å². The van der Waals surface area contributed by atoms with Crippen LogP contribution in [0.5, 0.6) is 0 Å². The van der Waals surface area contributed by atoms with E-state index in [1.807, 2.05) is 0 Å². The fourth-order valence-electron chi connectivity index (χ4n) is 1.65. The molecule has 2 nitrogen and oxygen atoms in total. The van der Waals surface area contributed by atoms with E-state index in [4.69, 9.17) is 9.47 Å². The molecule has 3 unspecified atom stereocenters. The molecule has 0 aliphatic carbocycles. The first kappa shape index (κ1) is 11.7. The van der Waals surface area contributed by atoms with Crippen molar-refractivity contribution in [2.75, 3.05) is 13.2 Å². The maximum atomic E-state index is 5.90. The van der Waals surface area contributed by atoms with Gasteiger partial charge in [-0.2, -0.15) is 0 Å². The van der Waals surface area contributed by atoms with E-state index in [2.05, 4.69) is 43.4 Å². The van der Waals surface area contributed by atoms with E-state index in [-0.39, 0.29) is 0 Å². The molecule has 0 spiro atoms. The highest BCUT2D eigenvalue weighted by Crippen LogP contribution is 2.21. The summed E-state index contributed by atoms with van der Waals surface area (Å²) in [5.41, 5.74) is 0. The number of rotatable bonds is 4. The summed E-state index contributed by atoms with van der Waals surface area (Å²) in [7, 11) is 0. The van der Waals surface area contributed by atoms with E-state index in [9.17, 15) is 0 Å². The van der Waals surface area contributed by atoms with Crippen molar-refractivity contribution in [3.05, 3.63) is 0 Å². The minimum Gasteiger partial charge on any atom is -0.378 e. The van der Waals surface area contributed by atoms with Crippen LogP contribution in [0.2, 0.25) is 0 Å². The van der Waals surface area contributed by atoms with Crippen molar-refractivity contribution in [2.45, 2.75) is 43.3 Å². The third kappa shape index (κ3) is 4.13. The average Bonchev–Trinajstić information content (AvgIpc) is 2.34. The Morgan fingerprint density at radius 1 is 1.38 bits per heavy atom. The Balaban J connectivity index is 2.22. The van der Waals surface area contributed by atoms with Gasteiger partial charge in [-0.1, -0.05) is 36.4 Å². The highest BCUT2D eigenvalue weighted by molar-refractivity contribution is 14.1. The second-order valence-corrected chi connectivity index (χ2v) is 5.77. The Morgan fingerprint density at radius 2 is 2.08 bits per heavy atom. The summed E-state index contributed by atoms with van der Waals surface area (Å²) < 4.78 is 11.8. The van der Waals surface area contributed by atoms with E-state index in [0.29, 0.717) is 22.1 Å². The molecule has 1 heterocycles. The standard InChI is InChI=1S/C10H19IO2/c1-7(2)4-8(3)13-10-6-12-5-9(10)11/h7-10H,4-6H2,1-3H3. The van der Waals surface area contributed by atoms with Gasteiger partial charge in [0.2, 0.25) is 0 Å². The highest BCUT2D eigenvalue weighted by atomic mass is 127. The van der Waals surface area contributed by atoms with Crippen molar-refractivity contribution >= 4 is 22.6 Å². The number of halogens is 1. The number of ether oxygens (including phenoxy) is 2. The molecule has 0 amide bonds. The Bertz CT molecular complexity index is 150. The smallest absolute Gasteiger partial charge is 0.0951 e. The van der Waals surface area contributed by atoms with Gasteiger partial charge in [-0.25, -0.2) is 0 Å². The lowest BCUT2D eigenvalue weighted by molar-refractivity contribution is -0.0124. The van der Waals surface area contributed by atoms with Crippen LogP contribution >= 0.6 is 22.6 Å². The summed E-state index contributed by atoms with van der Waals surface area (Å²) in [4.78, 5) is 0. The fraction of sp³-hybridized carbons (Fsp3) is 1.00. The Morgan fingerprint density at radius 3 is 2.54 bits per heavy atom. The van der Waals surface area contributed by atoms with Crippen molar-refractivity contribution in [3.8, 4) is 0 Å². The second kappa shape index (κ2) is 5.51. The first-order valence-corrected chi connectivity index (χ1v) is 6.21. The van der Waals surface area contributed by atoms with Gasteiger partial charge in [-0.3, -0.25) is 0 Å². The molecule has 1 aliphatic heterocycles. The predicted octanol–water partition coefficient (Wildman–Crippen LogP) is 2.64. The van der Waals surface area contributed by atoms with E-state index in [1.54, 1.807) is 0 Å². The minimum absolute atomic E-state index is 0.314. The molecule has 3 heteroatoms. The molecule has 13 heavy (non-hydrogen) atoms. The van der Waals surface area contributed by atoms with Crippen LogP contribution in [0, 0.1) is 5.92 Å². The summed E-state index contributed by atoms with van der Waals surface area (Å²) in [5, 5.41) is 0. The summed E-state index contributed by atoms with van der Waals surface area (Å²) in [6.07, 6.45) is 1.82. The molecule has 0 radical (unpaired) electrons. The lowest BCUT2D eigenvalue weighted by atomic mass is 10.1. The topological polar surface area (TPSA) is 18.5 Å². The summed E-state index contributed by atoms with van der Waals surface area (Å²) in [5.74, 6) is 0.713. The molecule has 0 aromatic rings. The zero-order valence-electron chi connectivity index (χ0n) is 8.63. The number of hydrogen-bond acceptors (Lipinski definition) is 2. The molecular weight excluding hydrogens is 279 g/mol. The molecule has 3 atom stereocenters. The van der Waals surface area contributed by atoms with E-state index in [0.717, 1.165) is 19.6 Å². The highest BCUT2D eigenvalue weighted by Gasteiger charge is 2.28. The molecule has 1 fully saturated rings. The lowest BCUT2D eigenvalue weighted by Crippen LogP contribution is -2.27. The molecule has 0 bridgehead atoms. The summed E-state index contributed by atoms with van der Waals surface area (Å²) in [6.45, 7) is 8.23. The lowest BCUT2D eigenvalue weighted by Gasteiger charge is -2.21. The van der Waals surface area contributed by atoms with Gasteiger partial charge in [0, 0.05) is 0 Å². The summed E-state index contributed by atoms with van der Waals surface area (Å²) in [6, 6.07) is 0. The van der Waals surface area contributed by atoms with E-state index in [1.165, 1.54) is 0 Å². The maximum Gasteiger partial charge on any atom is 0.0951 e. The van der Waals surface area contributed by atoms with Crippen LogP contribution in [0.1, 0.15) is 27.2 Å². The largest absolute Gasteiger partial charge is 0.378 e. The van der Waals surface area contributed by atoms with Crippen LogP contribution in [0.4, 0.5) is 0 Å². The second-order valence-electron chi connectivity index (χ2n) is 4.17. The third-order valence-electron chi connectivity index (χ3n) is 2.17. The van der Waals surface area contributed by atoms with Crippen molar-refractivity contribution in [1.29, 1.82) is 0 Å². The minimum atomic E-state index is 0.314. The normalized spacial score (nSPS) is 31.2. The molecule has 1 rings (SSSR count). The molecule has 1 aliphatic rings. The summed E-state index contributed by atoms with van der Waals surface area (Å²) >= 11 is 2.41. The fourth-order valence-corrected chi connectivity index (χ4v) is 2.28. The van der Waals surface area contributed by atoms with Gasteiger partial charge in [0.05, 0.1) is 29.3 Å². The predicted molar refractivity (Wildman–Crippen MR) is 62.4 cm³/mol. The molecule has 78 valence electrons. The third-order valence-corrected chi connectivity index (χ3v) is 3.33. The van der Waals surface area contributed by atoms with Crippen LogP contribution in [-0.2, 0) is 9.47 Å². The van der Waals surface area contributed by atoms with Gasteiger partial charge in [0.15, 0.2) is 0 Å². The maximum absolute atomic E-state index is 5.90. The van der Waals surface area contributed by atoms with Crippen LogP contribution in [0.15, 0.2) is 0 Å². The van der Waals surface area contributed by atoms with E-state index >= 15 is 0 Å².